The molecule has 0 fully saturated rings. The predicted molar refractivity (Wildman–Crippen MR) is 122 cm³/mol. The number of nitrogens with one attached hydrogen (secondary N) is 1. The fraction of sp³-hybridized carbons (Fsp3) is 0.0800. The number of carbonyl (C=O) groups is 1. The minimum Gasteiger partial charge on any atom is -0.482 e. The lowest BCUT2D eigenvalue weighted by atomic mass is 9.94. The fourth-order valence-electron chi connectivity index (χ4n) is 3.83. The Hall–Kier alpha value is -3.21. The van der Waals surface area contributed by atoms with Crippen molar-refractivity contribution in [1.82, 2.24) is 5.32 Å². The standard InChI is InChI=1S/C25H17Cl2NO3/c26-19-13-20(27)25(16-8-2-1-7-15(16)19)30-14-23(29)28-24-17-9-3-5-11-21(17)31-22-12-6-4-10-18(22)24/h1-13,24H,14H2,(H,28,29). The van der Waals surface area contributed by atoms with Gasteiger partial charge in [0.2, 0.25) is 0 Å². The van der Waals surface area contributed by atoms with Crippen LogP contribution in [0.2, 0.25) is 10.0 Å². The van der Waals surface area contributed by atoms with E-state index in [-0.39, 0.29) is 18.6 Å². The number of hydrogen-bond acceptors (Lipinski definition) is 3. The first-order chi connectivity index (χ1) is 15.1. The van der Waals surface area contributed by atoms with E-state index >= 15 is 0 Å². The highest BCUT2D eigenvalue weighted by molar-refractivity contribution is 6.39. The summed E-state index contributed by atoms with van der Waals surface area (Å²) in [5.74, 6) is 1.61. The van der Waals surface area contributed by atoms with Crippen molar-refractivity contribution in [1.29, 1.82) is 0 Å². The van der Waals surface area contributed by atoms with Crippen molar-refractivity contribution in [3.05, 3.63) is 100 Å². The second-order valence-corrected chi connectivity index (χ2v) is 8.00. The monoisotopic (exact) mass is 449 g/mol. The van der Waals surface area contributed by atoms with Gasteiger partial charge in [0.25, 0.3) is 5.91 Å². The molecule has 0 radical (unpaired) electrons. The molecule has 5 rings (SSSR count). The topological polar surface area (TPSA) is 47.6 Å². The molecule has 154 valence electrons. The Morgan fingerprint density at radius 3 is 2.10 bits per heavy atom. The Kier molecular flexibility index (Phi) is 5.18. The summed E-state index contributed by atoms with van der Waals surface area (Å²) in [5.41, 5.74) is 1.79. The highest BCUT2D eigenvalue weighted by atomic mass is 35.5. The van der Waals surface area contributed by atoms with E-state index in [0.29, 0.717) is 15.8 Å². The summed E-state index contributed by atoms with van der Waals surface area (Å²) in [6.07, 6.45) is 0. The van der Waals surface area contributed by atoms with Gasteiger partial charge in [-0.05, 0) is 18.2 Å². The van der Waals surface area contributed by atoms with Crippen LogP contribution in [0.25, 0.3) is 10.8 Å². The average molecular weight is 450 g/mol. The van der Waals surface area contributed by atoms with Crippen molar-refractivity contribution in [2.45, 2.75) is 6.04 Å². The first-order valence-electron chi connectivity index (χ1n) is 9.76. The maximum absolute atomic E-state index is 12.9. The van der Waals surface area contributed by atoms with E-state index in [4.69, 9.17) is 32.7 Å². The van der Waals surface area contributed by atoms with E-state index in [9.17, 15) is 4.79 Å². The predicted octanol–water partition coefficient (Wildman–Crippen LogP) is 6.54. The van der Waals surface area contributed by atoms with E-state index in [1.807, 2.05) is 72.8 Å². The summed E-state index contributed by atoms with van der Waals surface area (Å²) in [4.78, 5) is 12.9. The second kappa shape index (κ2) is 8.14. The summed E-state index contributed by atoms with van der Waals surface area (Å²) < 4.78 is 11.8. The van der Waals surface area contributed by atoms with Crippen molar-refractivity contribution in [2.75, 3.05) is 6.61 Å². The molecule has 0 saturated carbocycles. The van der Waals surface area contributed by atoms with Crippen LogP contribution < -0.4 is 14.8 Å². The number of ether oxygens (including phenoxy) is 2. The molecule has 0 atom stereocenters. The third-order valence-corrected chi connectivity index (χ3v) is 5.83. The minimum atomic E-state index is -0.338. The third kappa shape index (κ3) is 3.69. The number of rotatable bonds is 4. The summed E-state index contributed by atoms with van der Waals surface area (Å²) in [6, 6.07) is 24.1. The van der Waals surface area contributed by atoms with Gasteiger partial charge in [0.15, 0.2) is 6.61 Å². The van der Waals surface area contributed by atoms with Crippen LogP contribution in [0.4, 0.5) is 0 Å². The zero-order valence-corrected chi connectivity index (χ0v) is 17.8. The highest BCUT2D eigenvalue weighted by Crippen LogP contribution is 2.42. The van der Waals surface area contributed by atoms with Gasteiger partial charge in [-0.15, -0.1) is 0 Å². The van der Waals surface area contributed by atoms with Crippen LogP contribution in [0.5, 0.6) is 17.2 Å². The van der Waals surface area contributed by atoms with E-state index in [1.54, 1.807) is 6.07 Å². The molecule has 0 unspecified atom stereocenters. The van der Waals surface area contributed by atoms with Crippen LogP contribution in [0.1, 0.15) is 17.2 Å². The van der Waals surface area contributed by atoms with Crippen LogP contribution >= 0.6 is 23.2 Å². The number of amides is 1. The average Bonchev–Trinajstić information content (AvgIpc) is 2.79. The van der Waals surface area contributed by atoms with Crippen LogP contribution in [0, 0.1) is 0 Å². The van der Waals surface area contributed by atoms with Crippen molar-refractivity contribution in [3.63, 3.8) is 0 Å². The zero-order chi connectivity index (χ0) is 21.4. The first-order valence-corrected chi connectivity index (χ1v) is 10.5. The third-order valence-electron chi connectivity index (χ3n) is 5.23. The molecule has 0 aromatic heterocycles. The molecule has 0 aliphatic carbocycles. The Balaban J connectivity index is 1.40. The molecule has 1 aliphatic rings. The summed E-state index contributed by atoms with van der Waals surface area (Å²) in [6.45, 7) is -0.187. The lowest BCUT2D eigenvalue weighted by molar-refractivity contribution is -0.123. The number of halogens is 2. The molecule has 1 amide bonds. The van der Waals surface area contributed by atoms with Crippen LogP contribution in [0.15, 0.2) is 78.9 Å². The van der Waals surface area contributed by atoms with Gasteiger partial charge in [-0.2, -0.15) is 0 Å². The molecule has 1 aliphatic heterocycles. The quantitative estimate of drug-likeness (QED) is 0.384. The minimum absolute atomic E-state index is 0.187. The molecule has 0 saturated heterocycles. The summed E-state index contributed by atoms with van der Waals surface area (Å²) >= 11 is 12.7. The molecule has 4 aromatic carbocycles. The van der Waals surface area contributed by atoms with E-state index < -0.39 is 0 Å². The van der Waals surface area contributed by atoms with Gasteiger partial charge in [-0.25, -0.2) is 0 Å². The second-order valence-electron chi connectivity index (χ2n) is 7.18. The Morgan fingerprint density at radius 1 is 0.839 bits per heavy atom. The molecule has 4 aromatic rings. The number of para-hydroxylation sites is 2. The van der Waals surface area contributed by atoms with Crippen LogP contribution in [-0.2, 0) is 4.79 Å². The van der Waals surface area contributed by atoms with Crippen LogP contribution in [0.3, 0.4) is 0 Å². The van der Waals surface area contributed by atoms with E-state index in [2.05, 4.69) is 5.32 Å². The smallest absolute Gasteiger partial charge is 0.258 e. The molecule has 4 nitrogen and oxygen atoms in total. The molecule has 1 N–H and O–H groups in total. The summed E-state index contributed by atoms with van der Waals surface area (Å²) in [7, 11) is 0. The van der Waals surface area contributed by atoms with E-state index in [0.717, 1.165) is 33.4 Å². The molecule has 6 heteroatoms. The molecule has 1 heterocycles. The Morgan fingerprint density at radius 2 is 1.42 bits per heavy atom. The van der Waals surface area contributed by atoms with Crippen LogP contribution in [-0.4, -0.2) is 12.5 Å². The van der Waals surface area contributed by atoms with Gasteiger partial charge in [0, 0.05) is 21.9 Å². The SMILES string of the molecule is O=C(COc1c(Cl)cc(Cl)c2ccccc12)NC1c2ccccc2Oc2ccccc21. The van der Waals surface area contributed by atoms with Gasteiger partial charge < -0.3 is 14.8 Å². The first kappa shape index (κ1) is 19.7. The van der Waals surface area contributed by atoms with Gasteiger partial charge in [-0.3, -0.25) is 4.79 Å². The van der Waals surface area contributed by atoms with Gasteiger partial charge in [-0.1, -0.05) is 83.9 Å². The molecule has 31 heavy (non-hydrogen) atoms. The number of hydrogen-bond donors (Lipinski definition) is 1. The van der Waals surface area contributed by atoms with Crippen molar-refractivity contribution in [3.8, 4) is 17.2 Å². The Labute approximate surface area is 189 Å². The fourth-order valence-corrected chi connectivity index (χ4v) is 4.42. The maximum Gasteiger partial charge on any atom is 0.258 e. The normalized spacial score (nSPS) is 12.6. The number of fused-ring (bicyclic) bond motifs is 3. The lowest BCUT2D eigenvalue weighted by Crippen LogP contribution is -2.34. The van der Waals surface area contributed by atoms with Gasteiger partial charge in [0.1, 0.15) is 17.2 Å². The number of benzene rings is 4. The Bertz CT molecular complexity index is 1260. The molecule has 0 spiro atoms. The molecular formula is C25H17Cl2NO3. The zero-order valence-electron chi connectivity index (χ0n) is 16.3. The van der Waals surface area contributed by atoms with E-state index in [1.165, 1.54) is 0 Å². The van der Waals surface area contributed by atoms with Gasteiger partial charge >= 0.3 is 0 Å². The van der Waals surface area contributed by atoms with Crippen molar-refractivity contribution in [2.24, 2.45) is 0 Å². The van der Waals surface area contributed by atoms with Crippen molar-refractivity contribution >= 4 is 39.9 Å². The molecular weight excluding hydrogens is 433 g/mol. The van der Waals surface area contributed by atoms with Crippen molar-refractivity contribution < 1.29 is 14.3 Å². The lowest BCUT2D eigenvalue weighted by Gasteiger charge is -2.28. The van der Waals surface area contributed by atoms with Gasteiger partial charge in [0.05, 0.1) is 16.1 Å². The molecule has 0 bridgehead atoms. The highest BCUT2D eigenvalue weighted by Gasteiger charge is 2.28. The maximum atomic E-state index is 12.9. The number of carbonyl (C=O) groups excluding carboxylic acids is 1. The summed E-state index contributed by atoms with van der Waals surface area (Å²) in [5, 5.41) is 5.54. The largest absolute Gasteiger partial charge is 0.482 e.